The number of rotatable bonds is 0. The molecule has 0 aromatic heterocycles. The quantitative estimate of drug-likeness (QED) is 0.633. The van der Waals surface area contributed by atoms with Gasteiger partial charge in [-0.1, -0.05) is 6.92 Å². The molecule has 0 radical (unpaired) electrons. The van der Waals surface area contributed by atoms with Gasteiger partial charge < -0.3 is 14.8 Å². The molecule has 5 rings (SSSR count). The van der Waals surface area contributed by atoms with Crippen LogP contribution in [0.1, 0.15) is 13.8 Å². The van der Waals surface area contributed by atoms with Crippen molar-refractivity contribution in [2.75, 3.05) is 0 Å². The number of esters is 1. The Balaban J connectivity index is 1.57. The first-order valence-electron chi connectivity index (χ1n) is 8.04. The first kappa shape index (κ1) is 13.8. The molecule has 2 N–H and O–H groups in total. The van der Waals surface area contributed by atoms with Crippen molar-refractivity contribution >= 4 is 17.9 Å². The fraction of sp³-hybridized carbons (Fsp3) is 0.471. The number of amides is 3. The summed E-state index contributed by atoms with van der Waals surface area (Å²) < 4.78 is 11.5. The molecule has 0 bridgehead atoms. The lowest BCUT2D eigenvalue weighted by Gasteiger charge is -2.56. The Labute approximate surface area is 137 Å². The van der Waals surface area contributed by atoms with Gasteiger partial charge in [0, 0.05) is 12.0 Å². The third kappa shape index (κ3) is 1.41. The molecule has 2 fully saturated rings. The third-order valence-corrected chi connectivity index (χ3v) is 6.01. The molecule has 2 aliphatic carbocycles. The van der Waals surface area contributed by atoms with Crippen LogP contribution < -0.4 is 10.6 Å². The Hall–Kier alpha value is -2.57. The van der Waals surface area contributed by atoms with E-state index in [2.05, 4.69) is 10.6 Å². The number of ether oxygens (including phenoxy) is 2. The molecule has 5 unspecified atom stereocenters. The molecular weight excluding hydrogens is 312 g/mol. The summed E-state index contributed by atoms with van der Waals surface area (Å²) in [5.74, 6) is -0.0987. The molecule has 0 aromatic carbocycles. The largest absolute Gasteiger partial charge is 0.491 e. The lowest BCUT2D eigenvalue weighted by molar-refractivity contribution is -0.161. The average Bonchev–Trinajstić information content (AvgIpc) is 2.88. The smallest absolute Gasteiger partial charge is 0.331 e. The molecule has 1 saturated carbocycles. The second-order valence-corrected chi connectivity index (χ2v) is 7.19. The summed E-state index contributed by atoms with van der Waals surface area (Å²) in [5, 5.41) is 5.17. The van der Waals surface area contributed by atoms with Gasteiger partial charge in [0.1, 0.15) is 18.0 Å². The van der Waals surface area contributed by atoms with Crippen LogP contribution in [0.5, 0.6) is 0 Å². The zero-order valence-corrected chi connectivity index (χ0v) is 13.2. The predicted molar refractivity (Wildman–Crippen MR) is 80.2 cm³/mol. The van der Waals surface area contributed by atoms with E-state index in [9.17, 15) is 14.4 Å². The van der Waals surface area contributed by atoms with Crippen molar-refractivity contribution < 1.29 is 23.9 Å². The molecule has 7 nitrogen and oxygen atoms in total. The first-order chi connectivity index (χ1) is 11.4. The minimum absolute atomic E-state index is 0.111. The van der Waals surface area contributed by atoms with E-state index in [4.69, 9.17) is 9.47 Å². The maximum atomic E-state index is 12.5. The van der Waals surface area contributed by atoms with Gasteiger partial charge in [-0.05, 0) is 30.2 Å². The third-order valence-electron chi connectivity index (χ3n) is 6.01. The fourth-order valence-electron chi connectivity index (χ4n) is 4.74. The minimum atomic E-state index is -0.728. The number of carbonyl (C=O) groups excluding carboxylic acids is 3. The maximum absolute atomic E-state index is 12.5. The highest BCUT2D eigenvalue weighted by atomic mass is 16.5. The fourth-order valence-corrected chi connectivity index (χ4v) is 4.74. The second kappa shape index (κ2) is 4.09. The molecule has 1 saturated heterocycles. The molecule has 7 heteroatoms. The van der Waals surface area contributed by atoms with Gasteiger partial charge in [0.25, 0.3) is 0 Å². The van der Waals surface area contributed by atoms with Crippen LogP contribution in [0.4, 0.5) is 4.79 Å². The van der Waals surface area contributed by atoms with Crippen molar-refractivity contribution in [1.29, 1.82) is 0 Å². The van der Waals surface area contributed by atoms with E-state index in [0.717, 1.165) is 16.9 Å². The lowest BCUT2D eigenvalue weighted by Crippen LogP contribution is -2.78. The Bertz CT molecular complexity index is 810. The highest BCUT2D eigenvalue weighted by Crippen LogP contribution is 2.60. The molecule has 5 aliphatic rings. The highest BCUT2D eigenvalue weighted by molar-refractivity contribution is 6.02. The van der Waals surface area contributed by atoms with Crippen molar-refractivity contribution in [3.05, 3.63) is 35.1 Å². The van der Waals surface area contributed by atoms with Crippen molar-refractivity contribution in [3.8, 4) is 0 Å². The number of imide groups is 1. The average molecular weight is 328 g/mol. The van der Waals surface area contributed by atoms with Crippen molar-refractivity contribution in [2.45, 2.75) is 32.1 Å². The predicted octanol–water partition coefficient (Wildman–Crippen LogP) is 0.541. The standard InChI is InChI=1S/C17H16N2O5/c1-6-11-7(3-4-9(20)23-11)5-8-10-13(24-12(6)8)14-17(10,2)15(21)19-16(22)18-14/h3-6,10-11,13-14H,1-2H3,(H2,18,19,21,22)/t6?,10?,11-,13?,14?,17?/m0/s1. The van der Waals surface area contributed by atoms with Crippen LogP contribution in [0, 0.1) is 17.3 Å². The van der Waals surface area contributed by atoms with E-state index in [1.54, 1.807) is 6.08 Å². The molecule has 0 spiro atoms. The highest BCUT2D eigenvalue weighted by Gasteiger charge is 2.71. The summed E-state index contributed by atoms with van der Waals surface area (Å²) in [6.07, 6.45) is 4.53. The topological polar surface area (TPSA) is 93.7 Å². The zero-order valence-electron chi connectivity index (χ0n) is 13.2. The number of urea groups is 1. The van der Waals surface area contributed by atoms with Crippen LogP contribution in [-0.4, -0.2) is 36.2 Å². The van der Waals surface area contributed by atoms with Gasteiger partial charge in [-0.25, -0.2) is 9.59 Å². The molecule has 124 valence electrons. The SMILES string of the molecule is CC1C2=C(C=C3C=CC(=O)O[C@H]31)C1C(O2)C2NC(=O)NC(=O)C21C. The number of fused-ring (bicyclic) bond motifs is 6. The first-order valence-corrected chi connectivity index (χ1v) is 8.04. The molecule has 3 heterocycles. The van der Waals surface area contributed by atoms with Gasteiger partial charge in [-0.3, -0.25) is 10.1 Å². The Kier molecular flexibility index (Phi) is 2.36. The van der Waals surface area contributed by atoms with Crippen molar-refractivity contribution in [2.24, 2.45) is 17.3 Å². The number of hydrogen-bond acceptors (Lipinski definition) is 5. The van der Waals surface area contributed by atoms with Gasteiger partial charge >= 0.3 is 12.0 Å². The van der Waals surface area contributed by atoms with E-state index in [0.29, 0.717) is 0 Å². The van der Waals surface area contributed by atoms with E-state index < -0.39 is 11.4 Å². The summed E-state index contributed by atoms with van der Waals surface area (Å²) in [7, 11) is 0. The van der Waals surface area contributed by atoms with Crippen LogP contribution in [-0.2, 0) is 19.1 Å². The number of nitrogens with one attached hydrogen (secondary N) is 2. The molecule has 24 heavy (non-hydrogen) atoms. The molecule has 6 atom stereocenters. The van der Waals surface area contributed by atoms with Crippen LogP contribution in [0.15, 0.2) is 35.1 Å². The van der Waals surface area contributed by atoms with Gasteiger partial charge in [-0.15, -0.1) is 0 Å². The van der Waals surface area contributed by atoms with Crippen LogP contribution in [0.25, 0.3) is 0 Å². The van der Waals surface area contributed by atoms with E-state index >= 15 is 0 Å². The Morgan fingerprint density at radius 3 is 2.75 bits per heavy atom. The summed E-state index contributed by atoms with van der Waals surface area (Å²) in [4.78, 5) is 35.6. The Morgan fingerprint density at radius 1 is 1.17 bits per heavy atom. The number of hydrogen-bond donors (Lipinski definition) is 2. The summed E-state index contributed by atoms with van der Waals surface area (Å²) in [5.41, 5.74) is 1.16. The minimum Gasteiger partial charge on any atom is -0.491 e. The molecule has 3 aliphatic heterocycles. The van der Waals surface area contributed by atoms with Crippen LogP contribution in [0.3, 0.4) is 0 Å². The number of carbonyl (C=O) groups is 3. The lowest BCUT2D eigenvalue weighted by atomic mass is 9.52. The zero-order chi connectivity index (χ0) is 16.8. The molecule has 3 amide bonds. The monoisotopic (exact) mass is 328 g/mol. The second-order valence-electron chi connectivity index (χ2n) is 7.19. The van der Waals surface area contributed by atoms with E-state index in [1.165, 1.54) is 6.08 Å². The van der Waals surface area contributed by atoms with Gasteiger partial charge in [0.2, 0.25) is 5.91 Å². The van der Waals surface area contributed by atoms with Gasteiger partial charge in [0.15, 0.2) is 0 Å². The molecule has 0 aromatic rings. The molecular formula is C17H16N2O5. The van der Waals surface area contributed by atoms with E-state index in [1.807, 2.05) is 19.9 Å². The Morgan fingerprint density at radius 2 is 1.96 bits per heavy atom. The summed E-state index contributed by atoms with van der Waals surface area (Å²) in [6, 6.07) is -0.827. The number of allylic oxidation sites excluding steroid dienone is 1. The van der Waals surface area contributed by atoms with Gasteiger partial charge in [-0.2, -0.15) is 0 Å². The van der Waals surface area contributed by atoms with Gasteiger partial charge in [0.05, 0.1) is 17.4 Å². The van der Waals surface area contributed by atoms with E-state index in [-0.39, 0.29) is 42.0 Å². The summed E-state index contributed by atoms with van der Waals surface area (Å²) in [6.45, 7) is 3.81. The van der Waals surface area contributed by atoms with Crippen LogP contribution in [0.2, 0.25) is 0 Å². The maximum Gasteiger partial charge on any atom is 0.331 e. The van der Waals surface area contributed by atoms with Crippen LogP contribution >= 0.6 is 0 Å². The van der Waals surface area contributed by atoms with Crippen molar-refractivity contribution in [3.63, 3.8) is 0 Å². The summed E-state index contributed by atoms with van der Waals surface area (Å²) >= 11 is 0. The normalized spacial score (nSPS) is 44.7. The van der Waals surface area contributed by atoms with Crippen molar-refractivity contribution in [1.82, 2.24) is 10.6 Å².